The summed E-state index contributed by atoms with van der Waals surface area (Å²) >= 11 is 0. The quantitative estimate of drug-likeness (QED) is 0.314. The Bertz CT molecular complexity index is 1030. The van der Waals surface area contributed by atoms with Crippen LogP contribution in [0, 0.1) is 34.0 Å². The summed E-state index contributed by atoms with van der Waals surface area (Å²) in [5.41, 5.74) is 1.79. The molecule has 4 fully saturated rings. The number of likely N-dealkylation sites (tertiary alicyclic amines) is 1. The van der Waals surface area contributed by atoms with Gasteiger partial charge in [0, 0.05) is 51.4 Å². The molecule has 1 aliphatic carbocycles. The van der Waals surface area contributed by atoms with E-state index in [2.05, 4.69) is 89.9 Å². The standard InChI is InChI=1S/C35H59N7/c1-6-26(2)32-22-38-33(36)42(32)25-30-13-10-18-39(30)24-31(21-27-11-8-7-9-12-27)41-20-19-40(34(41)37)23-28-14-16-29(17-15-28)35(3,4)5/h7-9,11-12,26,28-32,37H,6,10,13-25H2,1-5H3,(H2,36,38)/t26-,28?,29?,30-,31+,32-/m0/s1. The average Bonchev–Trinajstić information content (AvgIpc) is 3.68. The van der Waals surface area contributed by atoms with E-state index in [1.54, 1.807) is 0 Å². The van der Waals surface area contributed by atoms with Crippen LogP contribution in [0.3, 0.4) is 0 Å². The Morgan fingerprint density at radius 1 is 0.952 bits per heavy atom. The lowest BCUT2D eigenvalue weighted by Crippen LogP contribution is -2.52. The zero-order valence-electron chi connectivity index (χ0n) is 27.2. The maximum absolute atomic E-state index is 9.33. The fraction of sp³-hybridized carbons (Fsp3) is 0.771. The van der Waals surface area contributed by atoms with Gasteiger partial charge in [0.25, 0.3) is 0 Å². The van der Waals surface area contributed by atoms with Crippen molar-refractivity contribution in [3.63, 3.8) is 0 Å². The van der Waals surface area contributed by atoms with Crippen LogP contribution in [0.1, 0.15) is 85.1 Å². The number of nitrogens with one attached hydrogen (secondary N) is 3. The molecule has 1 aromatic carbocycles. The first-order valence-corrected chi connectivity index (χ1v) is 17.1. The molecular formula is C35H59N7. The van der Waals surface area contributed by atoms with Crippen molar-refractivity contribution in [2.24, 2.45) is 23.2 Å². The van der Waals surface area contributed by atoms with Gasteiger partial charge in [0.15, 0.2) is 11.9 Å². The topological polar surface area (TPSA) is 72.7 Å². The van der Waals surface area contributed by atoms with Gasteiger partial charge in [-0.05, 0) is 80.2 Å². The lowest BCUT2D eigenvalue weighted by molar-refractivity contribution is 0.139. The highest BCUT2D eigenvalue weighted by Crippen LogP contribution is 2.40. The molecule has 5 rings (SSSR count). The maximum Gasteiger partial charge on any atom is 0.194 e. The van der Waals surface area contributed by atoms with Crippen LogP contribution >= 0.6 is 0 Å². The van der Waals surface area contributed by atoms with E-state index in [4.69, 9.17) is 5.41 Å². The lowest BCUT2D eigenvalue weighted by atomic mass is 9.70. The number of guanidine groups is 2. The Morgan fingerprint density at radius 2 is 1.69 bits per heavy atom. The fourth-order valence-electron chi connectivity index (χ4n) is 8.26. The zero-order valence-corrected chi connectivity index (χ0v) is 27.2. The van der Waals surface area contributed by atoms with Gasteiger partial charge in [-0.15, -0.1) is 0 Å². The maximum atomic E-state index is 9.33. The second-order valence-electron chi connectivity index (χ2n) is 15.0. The number of hydrogen-bond donors (Lipinski definition) is 3. The van der Waals surface area contributed by atoms with Crippen molar-refractivity contribution in [1.29, 1.82) is 10.8 Å². The molecule has 0 aromatic heterocycles. The van der Waals surface area contributed by atoms with E-state index >= 15 is 0 Å². The molecule has 0 spiro atoms. The first-order valence-electron chi connectivity index (χ1n) is 17.1. The molecule has 3 heterocycles. The number of hydrogen-bond acceptors (Lipinski definition) is 3. The van der Waals surface area contributed by atoms with Crippen molar-refractivity contribution in [2.45, 2.75) is 104 Å². The molecule has 1 saturated carbocycles. The zero-order chi connectivity index (χ0) is 29.9. The highest BCUT2D eigenvalue weighted by atomic mass is 15.4. The van der Waals surface area contributed by atoms with Crippen molar-refractivity contribution in [1.82, 2.24) is 24.9 Å². The van der Waals surface area contributed by atoms with E-state index in [9.17, 15) is 5.41 Å². The fourth-order valence-corrected chi connectivity index (χ4v) is 8.26. The van der Waals surface area contributed by atoms with Gasteiger partial charge in [-0.2, -0.15) is 0 Å². The summed E-state index contributed by atoms with van der Waals surface area (Å²) < 4.78 is 0. The molecule has 0 unspecified atom stereocenters. The Hall–Kier alpha value is -2.28. The van der Waals surface area contributed by atoms with E-state index in [0.29, 0.717) is 35.4 Å². The molecule has 0 radical (unpaired) electrons. The Balaban J connectivity index is 1.24. The molecule has 234 valence electrons. The summed E-state index contributed by atoms with van der Waals surface area (Å²) in [6.07, 6.45) is 9.87. The molecule has 4 atom stereocenters. The van der Waals surface area contributed by atoms with Crippen LogP contribution in [0.5, 0.6) is 0 Å². The van der Waals surface area contributed by atoms with Crippen molar-refractivity contribution < 1.29 is 0 Å². The number of benzene rings is 1. The van der Waals surface area contributed by atoms with Gasteiger partial charge < -0.3 is 20.0 Å². The summed E-state index contributed by atoms with van der Waals surface area (Å²) in [5, 5.41) is 21.3. The van der Waals surface area contributed by atoms with E-state index in [-0.39, 0.29) is 0 Å². The van der Waals surface area contributed by atoms with Gasteiger partial charge in [-0.1, -0.05) is 71.4 Å². The predicted molar refractivity (Wildman–Crippen MR) is 175 cm³/mol. The van der Waals surface area contributed by atoms with Crippen LogP contribution in [0.15, 0.2) is 30.3 Å². The van der Waals surface area contributed by atoms with Gasteiger partial charge >= 0.3 is 0 Å². The highest BCUT2D eigenvalue weighted by Gasteiger charge is 2.39. The van der Waals surface area contributed by atoms with Crippen LogP contribution in [0.25, 0.3) is 0 Å². The lowest BCUT2D eigenvalue weighted by Gasteiger charge is -2.39. The van der Waals surface area contributed by atoms with Gasteiger partial charge in [0.05, 0.1) is 6.04 Å². The SMILES string of the molecule is CC[C@H](C)[C@@H]1CNC(=N)N1C[C@@H]1CCCN1C[C@@H](Cc1ccccc1)N1CCN(CC2CCC(C(C)(C)C)CC2)C1=N. The first-order chi connectivity index (χ1) is 20.1. The molecule has 0 amide bonds. The Labute approximate surface area is 256 Å². The minimum atomic E-state index is 0.295. The van der Waals surface area contributed by atoms with Crippen LogP contribution in [-0.4, -0.2) is 95.5 Å². The molecule has 7 heteroatoms. The summed E-state index contributed by atoms with van der Waals surface area (Å²) in [7, 11) is 0. The number of nitrogens with zero attached hydrogens (tertiary/aromatic N) is 4. The second-order valence-corrected chi connectivity index (χ2v) is 15.0. The summed E-state index contributed by atoms with van der Waals surface area (Å²) in [4.78, 5) is 9.90. The monoisotopic (exact) mass is 577 g/mol. The molecule has 3 saturated heterocycles. The van der Waals surface area contributed by atoms with Gasteiger partial charge in [-0.3, -0.25) is 15.7 Å². The molecule has 7 nitrogen and oxygen atoms in total. The van der Waals surface area contributed by atoms with Crippen LogP contribution in [0.2, 0.25) is 0 Å². The molecule has 4 aliphatic rings. The summed E-state index contributed by atoms with van der Waals surface area (Å²) in [6, 6.07) is 12.1. The highest BCUT2D eigenvalue weighted by molar-refractivity contribution is 5.80. The molecular weight excluding hydrogens is 518 g/mol. The minimum Gasteiger partial charge on any atom is -0.354 e. The normalized spacial score (nSPS) is 28.9. The van der Waals surface area contributed by atoms with E-state index in [0.717, 1.165) is 76.5 Å². The average molecular weight is 578 g/mol. The van der Waals surface area contributed by atoms with Crippen LogP contribution < -0.4 is 5.32 Å². The third kappa shape index (κ3) is 7.26. The van der Waals surface area contributed by atoms with E-state index in [1.165, 1.54) is 44.1 Å². The van der Waals surface area contributed by atoms with Crippen molar-refractivity contribution >= 4 is 11.9 Å². The van der Waals surface area contributed by atoms with Crippen LogP contribution in [0.4, 0.5) is 0 Å². The first kappa shape index (κ1) is 31.2. The minimum absolute atomic E-state index is 0.295. The smallest absolute Gasteiger partial charge is 0.194 e. The van der Waals surface area contributed by atoms with E-state index < -0.39 is 0 Å². The van der Waals surface area contributed by atoms with Crippen molar-refractivity contribution in [2.75, 3.05) is 45.8 Å². The Kier molecular flexibility index (Phi) is 10.1. The summed E-state index contributed by atoms with van der Waals surface area (Å²) in [6.45, 7) is 18.8. The predicted octanol–water partition coefficient (Wildman–Crippen LogP) is 5.72. The van der Waals surface area contributed by atoms with Gasteiger partial charge in [0.2, 0.25) is 0 Å². The van der Waals surface area contributed by atoms with Crippen LogP contribution in [-0.2, 0) is 6.42 Å². The molecule has 1 aromatic rings. The third-order valence-electron chi connectivity index (χ3n) is 11.3. The van der Waals surface area contributed by atoms with Crippen molar-refractivity contribution in [3.8, 4) is 0 Å². The molecule has 3 aliphatic heterocycles. The molecule has 0 bridgehead atoms. The largest absolute Gasteiger partial charge is 0.354 e. The van der Waals surface area contributed by atoms with Gasteiger partial charge in [0.1, 0.15) is 0 Å². The van der Waals surface area contributed by atoms with E-state index in [1.807, 2.05) is 0 Å². The summed E-state index contributed by atoms with van der Waals surface area (Å²) in [5.74, 6) is 3.52. The Morgan fingerprint density at radius 3 is 2.38 bits per heavy atom. The second kappa shape index (κ2) is 13.6. The van der Waals surface area contributed by atoms with Crippen molar-refractivity contribution in [3.05, 3.63) is 35.9 Å². The number of rotatable bonds is 11. The third-order valence-corrected chi connectivity index (χ3v) is 11.3. The molecule has 3 N–H and O–H groups in total. The molecule has 42 heavy (non-hydrogen) atoms. The van der Waals surface area contributed by atoms with Gasteiger partial charge in [-0.25, -0.2) is 0 Å².